The SMILES string of the molecule is CCCN(CCC)C(=O)c1cc(C(=O)N[C@@H](Cc2cc(F)cc(F)c2)[C@H](O)CNCc2cccc(OC)c2)cc(N(C)S(=O)(=O)C(F)(F)F)c1. The topological polar surface area (TPSA) is 128 Å². The highest BCUT2D eigenvalue weighted by Gasteiger charge is 2.49. The van der Waals surface area contributed by atoms with Gasteiger partial charge < -0.3 is 25.4 Å². The fraction of sp³-hybridized carbons (Fsp3) is 0.412. The molecule has 0 aliphatic heterocycles. The van der Waals surface area contributed by atoms with Gasteiger partial charge in [0, 0.05) is 50.4 Å². The first-order chi connectivity index (χ1) is 23.5. The molecule has 0 unspecified atom stereocenters. The monoisotopic (exact) mass is 728 g/mol. The normalized spacial score (nSPS) is 13.0. The molecule has 2 atom stereocenters. The molecule has 3 N–H and O–H groups in total. The smallest absolute Gasteiger partial charge is 0.497 e. The minimum Gasteiger partial charge on any atom is -0.497 e. The second-order valence-electron chi connectivity index (χ2n) is 11.6. The Morgan fingerprint density at radius 1 is 0.920 bits per heavy atom. The van der Waals surface area contributed by atoms with Gasteiger partial charge in [0.15, 0.2) is 0 Å². The largest absolute Gasteiger partial charge is 0.516 e. The number of rotatable bonds is 17. The van der Waals surface area contributed by atoms with Gasteiger partial charge >= 0.3 is 15.5 Å². The molecule has 2 amide bonds. The van der Waals surface area contributed by atoms with Crippen LogP contribution in [0.3, 0.4) is 0 Å². The summed E-state index contributed by atoms with van der Waals surface area (Å²) in [6.07, 6.45) is -0.560. The summed E-state index contributed by atoms with van der Waals surface area (Å²) in [5, 5.41) is 16.8. The first-order valence-electron chi connectivity index (χ1n) is 15.8. The zero-order valence-electron chi connectivity index (χ0n) is 28.1. The van der Waals surface area contributed by atoms with Crippen molar-refractivity contribution in [2.75, 3.05) is 38.1 Å². The van der Waals surface area contributed by atoms with E-state index in [9.17, 15) is 45.1 Å². The molecule has 3 aromatic rings. The van der Waals surface area contributed by atoms with Crippen molar-refractivity contribution < 1.29 is 49.8 Å². The molecular formula is C34H41F5N4O6S. The van der Waals surface area contributed by atoms with Crippen LogP contribution in [-0.2, 0) is 23.0 Å². The number of carbonyl (C=O) groups is 2. The molecule has 274 valence electrons. The number of sulfonamides is 1. The maximum Gasteiger partial charge on any atom is 0.516 e. The summed E-state index contributed by atoms with van der Waals surface area (Å²) >= 11 is 0. The summed E-state index contributed by atoms with van der Waals surface area (Å²) in [6, 6.07) is 11.5. The van der Waals surface area contributed by atoms with Crippen LogP contribution in [0.5, 0.6) is 5.75 Å². The minimum absolute atomic E-state index is 0.0745. The van der Waals surface area contributed by atoms with E-state index in [0.717, 1.165) is 35.9 Å². The Hall–Kier alpha value is -4.28. The maximum atomic E-state index is 14.1. The highest BCUT2D eigenvalue weighted by Crippen LogP contribution is 2.31. The summed E-state index contributed by atoms with van der Waals surface area (Å²) < 4.78 is 98.4. The summed E-state index contributed by atoms with van der Waals surface area (Å²) in [4.78, 5) is 28.7. The Morgan fingerprint density at radius 2 is 1.54 bits per heavy atom. The van der Waals surface area contributed by atoms with E-state index in [4.69, 9.17) is 4.74 Å². The van der Waals surface area contributed by atoms with E-state index in [-0.39, 0.29) is 48.0 Å². The zero-order chi connectivity index (χ0) is 37.2. The first-order valence-corrected chi connectivity index (χ1v) is 17.2. The molecule has 0 aliphatic rings. The lowest BCUT2D eigenvalue weighted by Crippen LogP contribution is -2.48. The van der Waals surface area contributed by atoms with Gasteiger partial charge in [0.05, 0.1) is 24.9 Å². The number of amides is 2. The van der Waals surface area contributed by atoms with Crippen molar-refractivity contribution in [3.63, 3.8) is 0 Å². The van der Waals surface area contributed by atoms with Gasteiger partial charge in [-0.1, -0.05) is 26.0 Å². The first kappa shape index (κ1) is 40.2. The van der Waals surface area contributed by atoms with Gasteiger partial charge in [-0.2, -0.15) is 21.6 Å². The second-order valence-corrected chi connectivity index (χ2v) is 13.6. The number of benzene rings is 3. The van der Waals surface area contributed by atoms with Gasteiger partial charge in [0.2, 0.25) is 0 Å². The predicted molar refractivity (Wildman–Crippen MR) is 178 cm³/mol. The molecule has 0 saturated carbocycles. The molecule has 50 heavy (non-hydrogen) atoms. The molecule has 3 rings (SSSR count). The number of aliphatic hydroxyl groups is 1. The van der Waals surface area contributed by atoms with Crippen LogP contribution in [0.25, 0.3) is 0 Å². The van der Waals surface area contributed by atoms with E-state index in [1.54, 1.807) is 24.3 Å². The third-order valence-electron chi connectivity index (χ3n) is 7.69. The number of hydrogen-bond acceptors (Lipinski definition) is 7. The molecule has 0 aromatic heterocycles. The van der Waals surface area contributed by atoms with Gasteiger partial charge in [0.25, 0.3) is 11.8 Å². The summed E-state index contributed by atoms with van der Waals surface area (Å²) in [5.74, 6) is -2.83. The van der Waals surface area contributed by atoms with E-state index in [0.29, 0.717) is 31.7 Å². The molecule has 16 heteroatoms. The molecule has 0 aliphatic carbocycles. The lowest BCUT2D eigenvalue weighted by molar-refractivity contribution is -0.0437. The van der Waals surface area contributed by atoms with E-state index in [1.165, 1.54) is 12.0 Å². The number of methoxy groups -OCH3 is 1. The Kier molecular flexibility index (Phi) is 14.1. The maximum absolute atomic E-state index is 14.1. The van der Waals surface area contributed by atoms with Crippen molar-refractivity contribution >= 4 is 27.5 Å². The number of ether oxygens (including phenoxy) is 1. The van der Waals surface area contributed by atoms with Crippen LogP contribution in [0.4, 0.5) is 27.6 Å². The number of carbonyl (C=O) groups excluding carboxylic acids is 2. The van der Waals surface area contributed by atoms with Crippen LogP contribution in [0.15, 0.2) is 60.7 Å². The van der Waals surface area contributed by atoms with Crippen LogP contribution in [0.1, 0.15) is 58.5 Å². The van der Waals surface area contributed by atoms with Crippen LogP contribution in [0, 0.1) is 11.6 Å². The lowest BCUT2D eigenvalue weighted by Gasteiger charge is -2.26. The molecule has 0 heterocycles. The molecule has 0 fully saturated rings. The molecule has 3 aromatic carbocycles. The second kappa shape index (κ2) is 17.6. The summed E-state index contributed by atoms with van der Waals surface area (Å²) in [6.45, 7) is 4.35. The van der Waals surface area contributed by atoms with Gasteiger partial charge in [0.1, 0.15) is 17.4 Å². The van der Waals surface area contributed by atoms with E-state index in [1.807, 2.05) is 13.8 Å². The number of halogens is 5. The summed E-state index contributed by atoms with van der Waals surface area (Å²) in [7, 11) is -3.78. The average molecular weight is 729 g/mol. The number of nitrogens with one attached hydrogen (secondary N) is 2. The van der Waals surface area contributed by atoms with Gasteiger partial charge in [-0.05, 0) is 72.9 Å². The van der Waals surface area contributed by atoms with Crippen LogP contribution in [-0.4, -0.2) is 81.7 Å². The third kappa shape index (κ3) is 10.6. The van der Waals surface area contributed by atoms with E-state index >= 15 is 0 Å². The van der Waals surface area contributed by atoms with E-state index in [2.05, 4.69) is 10.6 Å². The van der Waals surface area contributed by atoms with E-state index < -0.39 is 62.4 Å². The lowest BCUT2D eigenvalue weighted by atomic mass is 9.99. The molecular weight excluding hydrogens is 687 g/mol. The summed E-state index contributed by atoms with van der Waals surface area (Å²) in [5.41, 5.74) is -6.06. The third-order valence-corrected chi connectivity index (χ3v) is 9.21. The Balaban J connectivity index is 2.01. The number of aliphatic hydroxyl groups excluding tert-OH is 1. The van der Waals surface area contributed by atoms with Crippen molar-refractivity contribution in [1.29, 1.82) is 0 Å². The van der Waals surface area contributed by atoms with Gasteiger partial charge in [-0.15, -0.1) is 0 Å². The fourth-order valence-corrected chi connectivity index (χ4v) is 5.88. The fourth-order valence-electron chi connectivity index (χ4n) is 5.19. The minimum atomic E-state index is -5.93. The van der Waals surface area contributed by atoms with Crippen molar-refractivity contribution in [2.24, 2.45) is 0 Å². The quantitative estimate of drug-likeness (QED) is 0.167. The zero-order valence-corrected chi connectivity index (χ0v) is 28.9. The molecule has 10 nitrogen and oxygen atoms in total. The number of anilines is 1. The Labute approximate surface area is 288 Å². The standard InChI is InChI=1S/C34H41F5N4O6S/c1-5-10-43(11-6-2)33(46)25-16-24(17-28(18-25)42(3)50(47,48)34(37,38)39)32(45)41-30(15-23-12-26(35)19-27(36)13-23)31(44)21-40-20-22-8-7-9-29(14-22)49-4/h7-9,12-14,16-19,30-31,40,44H,5-6,10-11,15,20-21H2,1-4H3,(H,41,45)/t30-,31+/m0/s1. The van der Waals surface area contributed by atoms with Crippen LogP contribution < -0.4 is 19.7 Å². The average Bonchev–Trinajstić information content (AvgIpc) is 3.06. The van der Waals surface area contributed by atoms with Crippen LogP contribution in [0.2, 0.25) is 0 Å². The molecule has 0 spiro atoms. The number of hydrogen-bond donors (Lipinski definition) is 3. The van der Waals surface area contributed by atoms with Gasteiger partial charge in [-0.3, -0.25) is 13.9 Å². The molecule has 0 radical (unpaired) electrons. The van der Waals surface area contributed by atoms with Crippen molar-refractivity contribution in [1.82, 2.24) is 15.5 Å². The number of alkyl halides is 3. The Morgan fingerprint density at radius 3 is 2.12 bits per heavy atom. The predicted octanol–water partition coefficient (Wildman–Crippen LogP) is 5.01. The van der Waals surface area contributed by atoms with Crippen molar-refractivity contribution in [2.45, 2.75) is 57.3 Å². The number of nitrogens with zero attached hydrogens (tertiary/aromatic N) is 2. The molecule has 0 bridgehead atoms. The van der Waals surface area contributed by atoms with Crippen molar-refractivity contribution in [3.8, 4) is 5.75 Å². The highest BCUT2D eigenvalue weighted by molar-refractivity contribution is 7.93. The van der Waals surface area contributed by atoms with Gasteiger partial charge in [-0.25, -0.2) is 8.78 Å². The van der Waals surface area contributed by atoms with Crippen molar-refractivity contribution in [3.05, 3.63) is 94.6 Å². The van der Waals surface area contributed by atoms with Crippen LogP contribution >= 0.6 is 0 Å². The Bertz CT molecular complexity index is 1710. The highest BCUT2D eigenvalue weighted by atomic mass is 32.2. The molecule has 0 saturated heterocycles.